The van der Waals surface area contributed by atoms with E-state index in [1.807, 2.05) is 0 Å². The van der Waals surface area contributed by atoms with Crippen molar-refractivity contribution in [1.82, 2.24) is 5.32 Å². The third kappa shape index (κ3) is 3.97. The number of likely N-dealkylation sites (N-methyl/N-ethyl adjacent to an activating group) is 1. The zero-order valence-electron chi connectivity index (χ0n) is 8.50. The molecule has 0 bridgehead atoms. The topological polar surface area (TPSA) is 92.7 Å². The maximum absolute atomic E-state index is 11.4. The van der Waals surface area contributed by atoms with Gasteiger partial charge in [-0.3, -0.25) is 9.35 Å². The highest BCUT2D eigenvalue weighted by Crippen LogP contribution is 2.15. The summed E-state index contributed by atoms with van der Waals surface area (Å²) in [6, 6.07) is 5.55. The van der Waals surface area contributed by atoms with Crippen molar-refractivity contribution in [3.63, 3.8) is 0 Å². The van der Waals surface area contributed by atoms with E-state index in [2.05, 4.69) is 9.50 Å². The molecule has 0 amide bonds. The van der Waals surface area contributed by atoms with Crippen molar-refractivity contribution in [2.45, 2.75) is 0 Å². The average molecular weight is 245 g/mol. The molecular weight excluding hydrogens is 234 g/mol. The Bertz CT molecular complexity index is 482. The van der Waals surface area contributed by atoms with Crippen LogP contribution in [0.2, 0.25) is 0 Å². The molecule has 0 aliphatic heterocycles. The van der Waals surface area contributed by atoms with Crippen molar-refractivity contribution in [2.75, 3.05) is 13.6 Å². The maximum atomic E-state index is 11.4. The highest BCUT2D eigenvalue weighted by molar-refractivity contribution is 7.81. The molecule has 0 aliphatic rings. The van der Waals surface area contributed by atoms with Gasteiger partial charge in [0.1, 0.15) is 5.75 Å². The monoisotopic (exact) mass is 245 g/mol. The summed E-state index contributed by atoms with van der Waals surface area (Å²) in [5, 5.41) is 2.68. The smallest absolute Gasteiger partial charge is 0.362 e. The van der Waals surface area contributed by atoms with Gasteiger partial charge in [0.05, 0.1) is 6.54 Å². The minimum Gasteiger partial charge on any atom is -0.362 e. The molecule has 0 aromatic heterocycles. The largest absolute Gasteiger partial charge is 0.446 e. The molecule has 0 heterocycles. The minimum atomic E-state index is -4.56. The van der Waals surface area contributed by atoms with Crippen LogP contribution in [-0.4, -0.2) is 32.3 Å². The SMILES string of the molecule is CNCC(=O)c1cccc(OS(=O)(=O)O)c1. The van der Waals surface area contributed by atoms with Crippen LogP contribution in [0.15, 0.2) is 24.3 Å². The summed E-state index contributed by atoms with van der Waals surface area (Å²) in [5.41, 5.74) is 0.301. The molecule has 0 spiro atoms. The Morgan fingerprint density at radius 3 is 2.75 bits per heavy atom. The van der Waals surface area contributed by atoms with Crippen LogP contribution in [0.5, 0.6) is 5.75 Å². The number of benzene rings is 1. The first-order valence-corrected chi connectivity index (χ1v) is 5.73. The van der Waals surface area contributed by atoms with E-state index in [1.165, 1.54) is 24.3 Å². The quantitative estimate of drug-likeness (QED) is 0.571. The van der Waals surface area contributed by atoms with Crippen LogP contribution in [0.25, 0.3) is 0 Å². The van der Waals surface area contributed by atoms with Gasteiger partial charge in [-0.25, -0.2) is 0 Å². The number of hydrogen-bond donors (Lipinski definition) is 2. The molecule has 1 aromatic rings. The number of carbonyl (C=O) groups excluding carboxylic acids is 1. The lowest BCUT2D eigenvalue weighted by Gasteiger charge is -2.03. The molecule has 6 nitrogen and oxygen atoms in total. The maximum Gasteiger partial charge on any atom is 0.446 e. The normalized spacial score (nSPS) is 11.1. The van der Waals surface area contributed by atoms with E-state index < -0.39 is 10.4 Å². The summed E-state index contributed by atoms with van der Waals surface area (Å²) in [5.74, 6) is -0.312. The minimum absolute atomic E-state index is 0.107. The predicted octanol–water partition coefficient (Wildman–Crippen LogP) is 0.270. The second-order valence-electron chi connectivity index (χ2n) is 2.99. The Kier molecular flexibility index (Phi) is 3.99. The molecule has 0 atom stereocenters. The number of rotatable bonds is 5. The molecule has 1 aromatic carbocycles. The van der Waals surface area contributed by atoms with Crippen LogP contribution in [0, 0.1) is 0 Å². The molecule has 1 rings (SSSR count). The molecule has 16 heavy (non-hydrogen) atoms. The molecule has 7 heteroatoms. The van der Waals surface area contributed by atoms with Crippen LogP contribution in [0.4, 0.5) is 0 Å². The fraction of sp³-hybridized carbons (Fsp3) is 0.222. The van der Waals surface area contributed by atoms with Gasteiger partial charge in [0.15, 0.2) is 5.78 Å². The molecule has 0 fully saturated rings. The Morgan fingerprint density at radius 2 is 2.19 bits per heavy atom. The van der Waals surface area contributed by atoms with Gasteiger partial charge >= 0.3 is 10.4 Å². The van der Waals surface area contributed by atoms with Gasteiger partial charge in [0.2, 0.25) is 0 Å². The summed E-state index contributed by atoms with van der Waals surface area (Å²) in [6.45, 7) is 0.134. The van der Waals surface area contributed by atoms with E-state index in [9.17, 15) is 13.2 Å². The summed E-state index contributed by atoms with van der Waals surface area (Å²) in [7, 11) is -2.94. The van der Waals surface area contributed by atoms with Gasteiger partial charge < -0.3 is 9.50 Å². The number of carbonyl (C=O) groups is 1. The first-order valence-electron chi connectivity index (χ1n) is 4.37. The van der Waals surface area contributed by atoms with Crippen LogP contribution in [0.3, 0.4) is 0 Å². The number of ketones is 1. The lowest BCUT2D eigenvalue weighted by molar-refractivity contribution is 0.0993. The van der Waals surface area contributed by atoms with E-state index >= 15 is 0 Å². The molecular formula is C9H11NO5S. The standard InChI is InChI=1S/C9H11NO5S/c1-10-6-9(11)7-3-2-4-8(5-7)15-16(12,13)14/h2-5,10H,6H2,1H3,(H,12,13,14). The summed E-state index contributed by atoms with van der Waals surface area (Å²) in [4.78, 5) is 11.4. The fourth-order valence-electron chi connectivity index (χ4n) is 1.11. The fourth-order valence-corrected chi connectivity index (χ4v) is 1.45. The Hall–Kier alpha value is -1.44. The number of nitrogens with one attached hydrogen (secondary N) is 1. The highest BCUT2D eigenvalue weighted by atomic mass is 32.3. The van der Waals surface area contributed by atoms with Crippen molar-refractivity contribution < 1.29 is 21.9 Å². The third-order valence-electron chi connectivity index (χ3n) is 1.69. The lowest BCUT2D eigenvalue weighted by atomic mass is 10.1. The van der Waals surface area contributed by atoms with Gasteiger partial charge in [0.25, 0.3) is 0 Å². The Morgan fingerprint density at radius 1 is 1.50 bits per heavy atom. The van der Waals surface area contributed by atoms with Crippen LogP contribution in [0.1, 0.15) is 10.4 Å². The summed E-state index contributed by atoms with van der Waals surface area (Å²) < 4.78 is 33.6. The second-order valence-corrected chi connectivity index (χ2v) is 4.01. The van der Waals surface area contributed by atoms with Gasteiger partial charge in [-0.15, -0.1) is 0 Å². The van der Waals surface area contributed by atoms with E-state index in [0.717, 1.165) is 0 Å². The lowest BCUT2D eigenvalue weighted by Crippen LogP contribution is -2.18. The van der Waals surface area contributed by atoms with Crippen LogP contribution >= 0.6 is 0 Å². The molecule has 0 radical (unpaired) electrons. The molecule has 2 N–H and O–H groups in total. The molecule has 88 valence electrons. The van der Waals surface area contributed by atoms with Gasteiger partial charge in [-0.05, 0) is 19.2 Å². The first-order chi connectivity index (χ1) is 7.42. The van der Waals surface area contributed by atoms with Crippen molar-refractivity contribution in [3.8, 4) is 5.75 Å². The van der Waals surface area contributed by atoms with E-state index in [1.54, 1.807) is 7.05 Å². The van der Waals surface area contributed by atoms with Crippen LogP contribution in [-0.2, 0) is 10.4 Å². The first kappa shape index (κ1) is 12.6. The third-order valence-corrected chi connectivity index (χ3v) is 2.10. The summed E-state index contributed by atoms with van der Waals surface area (Å²) >= 11 is 0. The Labute approximate surface area is 93.2 Å². The van der Waals surface area contributed by atoms with Crippen LogP contribution < -0.4 is 9.50 Å². The number of Topliss-reactive ketones (excluding diaryl/α,β-unsaturated/α-hetero) is 1. The molecule has 0 saturated heterocycles. The number of hydrogen-bond acceptors (Lipinski definition) is 5. The predicted molar refractivity (Wildman–Crippen MR) is 56.9 cm³/mol. The average Bonchev–Trinajstić information content (AvgIpc) is 2.16. The van der Waals surface area contributed by atoms with Gasteiger partial charge in [-0.2, -0.15) is 8.42 Å². The zero-order chi connectivity index (χ0) is 12.2. The summed E-state index contributed by atoms with van der Waals surface area (Å²) in [6.07, 6.45) is 0. The van der Waals surface area contributed by atoms with Crippen molar-refractivity contribution >= 4 is 16.2 Å². The van der Waals surface area contributed by atoms with E-state index in [-0.39, 0.29) is 18.1 Å². The van der Waals surface area contributed by atoms with Crippen molar-refractivity contribution in [2.24, 2.45) is 0 Å². The molecule has 0 unspecified atom stereocenters. The Balaban J connectivity index is 2.91. The van der Waals surface area contributed by atoms with E-state index in [4.69, 9.17) is 4.55 Å². The molecule has 0 saturated carbocycles. The van der Waals surface area contributed by atoms with E-state index in [0.29, 0.717) is 5.56 Å². The van der Waals surface area contributed by atoms with Gasteiger partial charge in [-0.1, -0.05) is 12.1 Å². The second kappa shape index (κ2) is 5.06. The van der Waals surface area contributed by atoms with Crippen molar-refractivity contribution in [3.05, 3.63) is 29.8 Å². The zero-order valence-corrected chi connectivity index (χ0v) is 9.32. The highest BCUT2D eigenvalue weighted by Gasteiger charge is 2.10. The van der Waals surface area contributed by atoms with Gasteiger partial charge in [0, 0.05) is 5.56 Å². The molecule has 0 aliphatic carbocycles. The van der Waals surface area contributed by atoms with Crippen molar-refractivity contribution in [1.29, 1.82) is 0 Å².